The third kappa shape index (κ3) is 3.25. The van der Waals surface area contributed by atoms with Gasteiger partial charge in [0.25, 0.3) is 0 Å². The fourth-order valence-corrected chi connectivity index (χ4v) is 4.04. The lowest BCUT2D eigenvalue weighted by molar-refractivity contribution is 0.315. The van der Waals surface area contributed by atoms with Crippen LogP contribution >= 0.6 is 22.6 Å². The topological polar surface area (TPSA) is 70.4 Å². The standard InChI is InChI=1S/C20H21IN4O3/c1-26-17-9-8-14(18(27-2)19(17)28-3)16-10-15(12-4-6-13(21)7-5-12)24-20-22-11-23-25(16)20/h4-9,11,15-16H,10H2,1-3H3,(H,22,23,24). The van der Waals surface area contributed by atoms with Crippen molar-refractivity contribution in [2.45, 2.75) is 18.5 Å². The zero-order valence-corrected chi connectivity index (χ0v) is 18.0. The number of methoxy groups -OCH3 is 3. The van der Waals surface area contributed by atoms with Crippen LogP contribution in [-0.4, -0.2) is 36.1 Å². The highest BCUT2D eigenvalue weighted by molar-refractivity contribution is 14.1. The second-order valence-electron chi connectivity index (χ2n) is 6.45. The number of benzene rings is 2. The monoisotopic (exact) mass is 492 g/mol. The molecule has 0 fully saturated rings. The predicted octanol–water partition coefficient (Wildman–Crippen LogP) is 4.05. The lowest BCUT2D eigenvalue weighted by Gasteiger charge is -2.32. The SMILES string of the molecule is COc1ccc(C2CC(c3ccc(I)cc3)Nc3ncnn32)c(OC)c1OC. The Morgan fingerprint density at radius 1 is 1.00 bits per heavy atom. The van der Waals surface area contributed by atoms with Gasteiger partial charge >= 0.3 is 0 Å². The van der Waals surface area contributed by atoms with Gasteiger partial charge in [0.15, 0.2) is 11.5 Å². The smallest absolute Gasteiger partial charge is 0.222 e. The molecule has 0 saturated heterocycles. The van der Waals surface area contributed by atoms with E-state index in [2.05, 4.69) is 62.3 Å². The first-order valence-electron chi connectivity index (χ1n) is 8.86. The summed E-state index contributed by atoms with van der Waals surface area (Å²) in [7, 11) is 4.87. The minimum Gasteiger partial charge on any atom is -0.493 e. The fourth-order valence-electron chi connectivity index (χ4n) is 3.68. The lowest BCUT2D eigenvalue weighted by atomic mass is 9.92. The number of nitrogens with zero attached hydrogens (tertiary/aromatic N) is 3. The molecule has 4 rings (SSSR count). The van der Waals surface area contributed by atoms with Crippen LogP contribution in [0.2, 0.25) is 0 Å². The van der Waals surface area contributed by atoms with Crippen LogP contribution in [0, 0.1) is 3.57 Å². The van der Waals surface area contributed by atoms with Crippen molar-refractivity contribution in [3.8, 4) is 17.2 Å². The second-order valence-corrected chi connectivity index (χ2v) is 7.70. The Hall–Kier alpha value is -2.49. The van der Waals surface area contributed by atoms with E-state index in [0.717, 1.165) is 17.9 Å². The maximum Gasteiger partial charge on any atom is 0.222 e. The first-order chi connectivity index (χ1) is 13.7. The number of aromatic nitrogens is 3. The van der Waals surface area contributed by atoms with Gasteiger partial charge in [-0.15, -0.1) is 0 Å². The summed E-state index contributed by atoms with van der Waals surface area (Å²) in [6, 6.07) is 12.5. The van der Waals surface area contributed by atoms with Crippen molar-refractivity contribution in [2.24, 2.45) is 0 Å². The second kappa shape index (κ2) is 7.86. The van der Waals surface area contributed by atoms with Crippen LogP contribution in [0.25, 0.3) is 0 Å². The van der Waals surface area contributed by atoms with Crippen molar-refractivity contribution < 1.29 is 14.2 Å². The molecule has 146 valence electrons. The highest BCUT2D eigenvalue weighted by Crippen LogP contribution is 2.46. The van der Waals surface area contributed by atoms with Crippen molar-refractivity contribution in [1.29, 1.82) is 0 Å². The van der Waals surface area contributed by atoms with E-state index in [4.69, 9.17) is 14.2 Å². The number of anilines is 1. The minimum absolute atomic E-state index is 0.0576. The van der Waals surface area contributed by atoms with Gasteiger partial charge in [-0.25, -0.2) is 4.68 Å². The Morgan fingerprint density at radius 3 is 2.43 bits per heavy atom. The van der Waals surface area contributed by atoms with Gasteiger partial charge < -0.3 is 19.5 Å². The van der Waals surface area contributed by atoms with Crippen molar-refractivity contribution in [1.82, 2.24) is 14.8 Å². The molecule has 0 saturated carbocycles. The third-order valence-corrected chi connectivity index (χ3v) is 5.72. The van der Waals surface area contributed by atoms with Gasteiger partial charge in [0.05, 0.1) is 33.4 Å². The van der Waals surface area contributed by atoms with E-state index in [0.29, 0.717) is 17.2 Å². The average Bonchev–Trinajstić information content (AvgIpc) is 3.21. The number of ether oxygens (including phenoxy) is 3. The van der Waals surface area contributed by atoms with Crippen LogP contribution in [0.3, 0.4) is 0 Å². The highest BCUT2D eigenvalue weighted by Gasteiger charge is 2.33. The molecule has 2 atom stereocenters. The van der Waals surface area contributed by atoms with E-state index >= 15 is 0 Å². The highest BCUT2D eigenvalue weighted by atomic mass is 127. The van der Waals surface area contributed by atoms with Crippen LogP contribution < -0.4 is 19.5 Å². The molecular weight excluding hydrogens is 471 g/mol. The van der Waals surface area contributed by atoms with E-state index in [-0.39, 0.29) is 12.1 Å². The molecule has 3 aromatic rings. The zero-order chi connectivity index (χ0) is 19.7. The van der Waals surface area contributed by atoms with Crippen molar-refractivity contribution >= 4 is 28.5 Å². The zero-order valence-electron chi connectivity index (χ0n) is 15.8. The summed E-state index contributed by atoms with van der Waals surface area (Å²) in [4.78, 5) is 4.40. The van der Waals surface area contributed by atoms with Crippen LogP contribution in [-0.2, 0) is 0 Å². The first kappa shape index (κ1) is 18.9. The molecule has 7 nitrogen and oxygen atoms in total. The van der Waals surface area contributed by atoms with Crippen LogP contribution in [0.4, 0.5) is 5.95 Å². The fraction of sp³-hybridized carbons (Fsp3) is 0.300. The number of fused-ring (bicyclic) bond motifs is 1. The number of hydrogen-bond acceptors (Lipinski definition) is 6. The number of rotatable bonds is 5. The van der Waals surface area contributed by atoms with Crippen molar-refractivity contribution in [2.75, 3.05) is 26.6 Å². The summed E-state index contributed by atoms with van der Waals surface area (Å²) in [5.74, 6) is 2.59. The maximum atomic E-state index is 5.72. The van der Waals surface area contributed by atoms with Gasteiger partial charge in [-0.3, -0.25) is 0 Å². The van der Waals surface area contributed by atoms with Gasteiger partial charge in [-0.2, -0.15) is 10.1 Å². The Labute approximate surface area is 177 Å². The van der Waals surface area contributed by atoms with Crippen LogP contribution in [0.5, 0.6) is 17.2 Å². The Kier molecular flexibility index (Phi) is 5.29. The van der Waals surface area contributed by atoms with E-state index in [9.17, 15) is 0 Å². The number of halogens is 1. The molecule has 0 aliphatic carbocycles. The summed E-state index contributed by atoms with van der Waals surface area (Å²) < 4.78 is 19.8. The molecule has 28 heavy (non-hydrogen) atoms. The summed E-state index contributed by atoms with van der Waals surface area (Å²) in [6.07, 6.45) is 2.36. The molecule has 2 aromatic carbocycles. The van der Waals surface area contributed by atoms with Crippen LogP contribution in [0.1, 0.15) is 29.6 Å². The van der Waals surface area contributed by atoms with Gasteiger partial charge in [0, 0.05) is 9.13 Å². The third-order valence-electron chi connectivity index (χ3n) is 5.00. The lowest BCUT2D eigenvalue weighted by Crippen LogP contribution is -2.28. The quantitative estimate of drug-likeness (QED) is 0.542. The molecule has 0 amide bonds. The van der Waals surface area contributed by atoms with Gasteiger partial charge in [-0.1, -0.05) is 12.1 Å². The Morgan fingerprint density at radius 2 is 1.75 bits per heavy atom. The average molecular weight is 492 g/mol. The minimum atomic E-state index is -0.0576. The molecule has 2 unspecified atom stereocenters. The normalized spacial score (nSPS) is 18.1. The molecule has 1 N–H and O–H groups in total. The molecule has 0 spiro atoms. The van der Waals surface area contributed by atoms with Gasteiger partial charge in [-0.05, 0) is 58.8 Å². The molecule has 2 heterocycles. The van der Waals surface area contributed by atoms with E-state index in [1.807, 2.05) is 16.8 Å². The summed E-state index contributed by atoms with van der Waals surface area (Å²) in [5.41, 5.74) is 2.18. The summed E-state index contributed by atoms with van der Waals surface area (Å²) in [6.45, 7) is 0. The number of hydrogen-bond donors (Lipinski definition) is 1. The van der Waals surface area contributed by atoms with E-state index < -0.39 is 0 Å². The maximum absolute atomic E-state index is 5.72. The molecule has 0 bridgehead atoms. The molecule has 1 aliphatic heterocycles. The molecule has 1 aromatic heterocycles. The van der Waals surface area contributed by atoms with Gasteiger partial charge in [0.1, 0.15) is 6.33 Å². The van der Waals surface area contributed by atoms with Crippen molar-refractivity contribution in [3.05, 3.63) is 57.4 Å². The van der Waals surface area contributed by atoms with Crippen LogP contribution in [0.15, 0.2) is 42.7 Å². The summed E-state index contributed by atoms with van der Waals surface area (Å²) >= 11 is 2.31. The molecule has 0 radical (unpaired) electrons. The van der Waals surface area contributed by atoms with E-state index in [1.165, 1.54) is 9.13 Å². The predicted molar refractivity (Wildman–Crippen MR) is 114 cm³/mol. The first-order valence-corrected chi connectivity index (χ1v) is 9.94. The Balaban J connectivity index is 1.80. The number of nitrogens with one attached hydrogen (secondary N) is 1. The van der Waals surface area contributed by atoms with E-state index in [1.54, 1.807) is 27.7 Å². The summed E-state index contributed by atoms with van der Waals surface area (Å²) in [5, 5.41) is 7.94. The van der Waals surface area contributed by atoms with Gasteiger partial charge in [0.2, 0.25) is 11.7 Å². The largest absolute Gasteiger partial charge is 0.493 e. The molecule has 8 heteroatoms. The Bertz CT molecular complexity index is 974. The molecular formula is C20H21IN4O3. The molecule has 1 aliphatic rings. The van der Waals surface area contributed by atoms with Crippen molar-refractivity contribution in [3.63, 3.8) is 0 Å².